The number of rotatable bonds is 4. The molecule has 1 aliphatic rings. The third kappa shape index (κ3) is 3.66. The van der Waals surface area contributed by atoms with Crippen molar-refractivity contribution in [1.82, 2.24) is 9.47 Å². The van der Waals surface area contributed by atoms with Gasteiger partial charge in [-0.3, -0.25) is 10.1 Å². The van der Waals surface area contributed by atoms with Crippen LogP contribution in [0.25, 0.3) is 0 Å². The van der Waals surface area contributed by atoms with Crippen LogP contribution in [0.3, 0.4) is 0 Å². The molecule has 1 aromatic heterocycles. The zero-order valence-electron chi connectivity index (χ0n) is 15.8. The van der Waals surface area contributed by atoms with Crippen molar-refractivity contribution in [2.45, 2.75) is 12.6 Å². The molecule has 0 amide bonds. The minimum absolute atomic E-state index is 0.0706. The van der Waals surface area contributed by atoms with Gasteiger partial charge < -0.3 is 19.5 Å². The molecule has 0 saturated heterocycles. The summed E-state index contributed by atoms with van der Waals surface area (Å²) in [5, 5.41) is 14.9. The summed E-state index contributed by atoms with van der Waals surface area (Å²) in [5.74, 6) is 0.710. The Hall–Kier alpha value is -3.39. The highest BCUT2D eigenvalue weighted by Crippen LogP contribution is 2.34. The van der Waals surface area contributed by atoms with Crippen LogP contribution in [0, 0.1) is 10.1 Å². The van der Waals surface area contributed by atoms with Gasteiger partial charge in [0.1, 0.15) is 5.75 Å². The second-order valence-electron chi connectivity index (χ2n) is 6.70. The first-order valence-electron chi connectivity index (χ1n) is 9.18. The average Bonchev–Trinajstić information content (AvgIpc) is 3.22. The van der Waals surface area contributed by atoms with Gasteiger partial charge in [0.05, 0.1) is 23.8 Å². The van der Waals surface area contributed by atoms with E-state index in [4.69, 9.17) is 17.0 Å². The highest BCUT2D eigenvalue weighted by Gasteiger charge is 2.31. The fraction of sp³-hybridized carbons (Fsp3) is 0.190. The van der Waals surface area contributed by atoms with Crippen molar-refractivity contribution < 1.29 is 9.66 Å². The Morgan fingerprint density at radius 2 is 1.90 bits per heavy atom. The molecule has 3 aromatic rings. The van der Waals surface area contributed by atoms with Gasteiger partial charge in [0, 0.05) is 37.1 Å². The van der Waals surface area contributed by atoms with Crippen LogP contribution in [-0.4, -0.2) is 33.2 Å². The number of nitro groups is 1. The molecule has 0 saturated carbocycles. The van der Waals surface area contributed by atoms with E-state index in [0.717, 1.165) is 23.5 Å². The number of nitrogens with one attached hydrogen (secondary N) is 1. The number of hydrogen-bond acceptors (Lipinski definition) is 4. The van der Waals surface area contributed by atoms with E-state index in [2.05, 4.69) is 20.9 Å². The van der Waals surface area contributed by atoms with E-state index in [1.807, 2.05) is 36.5 Å². The van der Waals surface area contributed by atoms with Crippen LogP contribution in [0.1, 0.15) is 17.3 Å². The number of methoxy groups -OCH3 is 1. The van der Waals surface area contributed by atoms with Gasteiger partial charge in [-0.2, -0.15) is 0 Å². The second-order valence-corrected chi connectivity index (χ2v) is 7.09. The summed E-state index contributed by atoms with van der Waals surface area (Å²) in [4.78, 5) is 12.7. The van der Waals surface area contributed by atoms with Crippen LogP contribution in [0.5, 0.6) is 5.75 Å². The van der Waals surface area contributed by atoms with Gasteiger partial charge in [-0.25, -0.2) is 0 Å². The Morgan fingerprint density at radius 3 is 2.62 bits per heavy atom. The first-order valence-corrected chi connectivity index (χ1v) is 9.59. The summed E-state index contributed by atoms with van der Waals surface area (Å²) in [5.41, 5.74) is 2.90. The highest BCUT2D eigenvalue weighted by molar-refractivity contribution is 7.80. The van der Waals surface area contributed by atoms with Crippen LogP contribution < -0.4 is 10.1 Å². The quantitative estimate of drug-likeness (QED) is 0.396. The minimum atomic E-state index is -0.390. The Morgan fingerprint density at radius 1 is 1.14 bits per heavy atom. The van der Waals surface area contributed by atoms with Crippen molar-refractivity contribution in [3.05, 3.63) is 88.2 Å². The lowest BCUT2D eigenvalue weighted by Gasteiger charge is -2.39. The average molecular weight is 408 g/mol. The number of para-hydroxylation sites is 2. The van der Waals surface area contributed by atoms with Crippen molar-refractivity contribution in [3.8, 4) is 5.75 Å². The number of non-ortho nitro benzene ring substituents is 1. The molecule has 7 nitrogen and oxygen atoms in total. The molecule has 2 heterocycles. The zero-order valence-corrected chi connectivity index (χ0v) is 16.6. The molecule has 148 valence electrons. The Balaban J connectivity index is 1.67. The van der Waals surface area contributed by atoms with Gasteiger partial charge in [-0.15, -0.1) is 0 Å². The third-order valence-corrected chi connectivity index (χ3v) is 5.40. The molecule has 1 unspecified atom stereocenters. The Labute approximate surface area is 173 Å². The Kier molecular flexibility index (Phi) is 5.18. The maximum absolute atomic E-state index is 11.0. The van der Waals surface area contributed by atoms with Crippen LogP contribution in [-0.2, 0) is 6.54 Å². The molecule has 4 rings (SSSR count). The van der Waals surface area contributed by atoms with Crippen molar-refractivity contribution in [2.75, 3.05) is 19.0 Å². The van der Waals surface area contributed by atoms with Gasteiger partial charge in [-0.1, -0.05) is 12.1 Å². The fourth-order valence-electron chi connectivity index (χ4n) is 3.67. The molecule has 0 radical (unpaired) electrons. The predicted molar refractivity (Wildman–Crippen MR) is 115 cm³/mol. The molecular formula is C21H20N4O3S. The second kappa shape index (κ2) is 7.92. The van der Waals surface area contributed by atoms with E-state index < -0.39 is 0 Å². The summed E-state index contributed by atoms with van der Waals surface area (Å²) in [7, 11) is 1.62. The number of benzene rings is 2. The van der Waals surface area contributed by atoms with E-state index >= 15 is 0 Å². The van der Waals surface area contributed by atoms with Crippen molar-refractivity contribution >= 4 is 28.7 Å². The molecule has 0 aliphatic carbocycles. The minimum Gasteiger partial charge on any atom is -0.495 e. The van der Waals surface area contributed by atoms with Gasteiger partial charge in [0.25, 0.3) is 5.69 Å². The number of thiocarbonyl (C=S) groups is 1. The number of hydrogen-bond donors (Lipinski definition) is 1. The molecule has 29 heavy (non-hydrogen) atoms. The Bertz CT molecular complexity index is 1050. The number of nitro benzene ring substituents is 1. The summed E-state index contributed by atoms with van der Waals surface area (Å²) in [6.45, 7) is 1.52. The number of aromatic nitrogens is 1. The number of anilines is 1. The maximum Gasteiger partial charge on any atom is 0.269 e. The van der Waals surface area contributed by atoms with Gasteiger partial charge in [-0.05, 0) is 54.2 Å². The van der Waals surface area contributed by atoms with Crippen molar-refractivity contribution in [3.63, 3.8) is 0 Å². The third-order valence-electron chi connectivity index (χ3n) is 5.07. The number of nitrogens with zero attached hydrogens (tertiary/aromatic N) is 3. The van der Waals surface area contributed by atoms with Gasteiger partial charge in [0.15, 0.2) is 5.11 Å². The summed E-state index contributed by atoms with van der Waals surface area (Å²) >= 11 is 5.75. The first-order chi connectivity index (χ1) is 14.1. The lowest BCUT2D eigenvalue weighted by atomic mass is 10.00. The molecule has 2 aromatic carbocycles. The molecular weight excluding hydrogens is 388 g/mol. The zero-order chi connectivity index (χ0) is 20.4. The van der Waals surface area contributed by atoms with E-state index in [0.29, 0.717) is 17.4 Å². The monoisotopic (exact) mass is 408 g/mol. The molecule has 1 atom stereocenters. The van der Waals surface area contributed by atoms with Crippen LogP contribution in [0.4, 0.5) is 11.4 Å². The molecule has 0 bridgehead atoms. The normalized spacial score (nSPS) is 15.5. The summed E-state index contributed by atoms with van der Waals surface area (Å²) in [6.07, 6.45) is 2.04. The smallest absolute Gasteiger partial charge is 0.269 e. The van der Waals surface area contributed by atoms with Crippen molar-refractivity contribution in [2.24, 2.45) is 0 Å². The molecule has 8 heteroatoms. The first kappa shape index (κ1) is 18.9. The lowest BCUT2D eigenvalue weighted by Crippen LogP contribution is -2.44. The van der Waals surface area contributed by atoms with Crippen LogP contribution in [0.2, 0.25) is 0 Å². The SMILES string of the molecule is COc1ccccc1NC(=S)N1CCn2cccc2C1c1ccc([N+](=O)[O-])cc1. The summed E-state index contributed by atoms with van der Waals surface area (Å²) < 4.78 is 7.60. The van der Waals surface area contributed by atoms with Crippen LogP contribution in [0.15, 0.2) is 66.9 Å². The maximum atomic E-state index is 11.0. The van der Waals surface area contributed by atoms with E-state index in [9.17, 15) is 10.1 Å². The topological polar surface area (TPSA) is 72.6 Å². The van der Waals surface area contributed by atoms with Gasteiger partial charge in [0.2, 0.25) is 0 Å². The highest BCUT2D eigenvalue weighted by atomic mass is 32.1. The summed E-state index contributed by atoms with van der Waals surface area (Å²) in [6, 6.07) is 18.2. The fourth-order valence-corrected chi connectivity index (χ4v) is 3.97. The lowest BCUT2D eigenvalue weighted by molar-refractivity contribution is -0.384. The molecule has 1 aliphatic heterocycles. The largest absolute Gasteiger partial charge is 0.495 e. The number of fused-ring (bicyclic) bond motifs is 1. The van der Waals surface area contributed by atoms with Crippen LogP contribution >= 0.6 is 12.2 Å². The number of ether oxygens (including phenoxy) is 1. The molecule has 0 fully saturated rings. The van der Waals surface area contributed by atoms with E-state index in [1.165, 1.54) is 12.1 Å². The standard InChI is InChI=1S/C21H20N4O3S/c1-28-19-7-3-2-5-17(19)22-21(29)24-14-13-23-12-4-6-18(23)20(24)15-8-10-16(11-9-15)25(26)27/h2-12,20H,13-14H2,1H3,(H,22,29). The predicted octanol–water partition coefficient (Wildman–Crippen LogP) is 4.21. The molecule has 0 spiro atoms. The van der Waals surface area contributed by atoms with Gasteiger partial charge >= 0.3 is 0 Å². The van der Waals surface area contributed by atoms with Crippen molar-refractivity contribution in [1.29, 1.82) is 0 Å². The van der Waals surface area contributed by atoms with E-state index in [1.54, 1.807) is 19.2 Å². The molecule has 1 N–H and O–H groups in total. The van der Waals surface area contributed by atoms with E-state index in [-0.39, 0.29) is 16.7 Å².